The molecule has 0 radical (unpaired) electrons. The molecule has 70 valence electrons. The predicted molar refractivity (Wildman–Crippen MR) is 47.5 cm³/mol. The van der Waals surface area contributed by atoms with E-state index < -0.39 is 17.2 Å². The first-order valence-electron chi connectivity index (χ1n) is 3.36. The Hall–Kier alpha value is -1.40. The van der Waals surface area contributed by atoms with Gasteiger partial charge in [0.25, 0.3) is 5.91 Å². The first-order valence-corrected chi connectivity index (χ1v) is 4.43. The lowest BCUT2D eigenvalue weighted by molar-refractivity contribution is 0.100. The Morgan fingerprint density at radius 2 is 2.08 bits per heavy atom. The molecule has 0 spiro atoms. The number of benzene rings is 1. The van der Waals surface area contributed by atoms with Gasteiger partial charge in [-0.1, -0.05) is 12.1 Å². The van der Waals surface area contributed by atoms with Crippen LogP contribution < -0.4 is 10.5 Å². The van der Waals surface area contributed by atoms with Gasteiger partial charge in [-0.2, -0.15) is 0 Å². The molecule has 0 aliphatic carbocycles. The van der Waals surface area contributed by atoms with Crippen molar-refractivity contribution >= 4 is 22.9 Å². The second-order valence-electron chi connectivity index (χ2n) is 2.25. The quantitative estimate of drug-likeness (QED) is 0.670. The van der Waals surface area contributed by atoms with Crippen LogP contribution in [0.25, 0.3) is 0 Å². The molecule has 0 heterocycles. The zero-order valence-electron chi connectivity index (χ0n) is 6.52. The van der Waals surface area contributed by atoms with Crippen LogP contribution in [0.3, 0.4) is 0 Å². The van der Waals surface area contributed by atoms with Gasteiger partial charge in [-0.05, 0) is 12.1 Å². The molecule has 1 aromatic rings. The summed E-state index contributed by atoms with van der Waals surface area (Å²) in [6.45, 7) is 0. The van der Waals surface area contributed by atoms with Crippen molar-refractivity contribution in [1.82, 2.24) is 0 Å². The van der Waals surface area contributed by atoms with E-state index in [1.54, 1.807) is 12.1 Å². The minimum absolute atomic E-state index is 0.145. The van der Waals surface area contributed by atoms with Crippen LogP contribution >= 0.6 is 0 Å². The number of carbonyl (C=O) groups is 1. The third-order valence-electron chi connectivity index (χ3n) is 1.39. The van der Waals surface area contributed by atoms with Gasteiger partial charge >= 0.3 is 0 Å². The smallest absolute Gasteiger partial charge is 0.250 e. The molecule has 0 saturated carbocycles. The fourth-order valence-electron chi connectivity index (χ4n) is 0.877. The number of nitrogens with two attached hydrogens (primary N) is 1. The molecule has 1 aromatic carbocycles. The van der Waals surface area contributed by atoms with Crippen LogP contribution in [0.5, 0.6) is 0 Å². The number of nitrogens with one attached hydrogen (secondary N) is 1. The van der Waals surface area contributed by atoms with E-state index in [9.17, 15) is 13.6 Å². The lowest BCUT2D eigenvalue weighted by Crippen LogP contribution is -2.15. The van der Waals surface area contributed by atoms with Gasteiger partial charge in [0.2, 0.25) is 0 Å². The number of hydrogen-bond donors (Lipinski definition) is 2. The molecule has 0 fully saturated rings. The number of hydrogen-bond acceptors (Lipinski definition) is 3. The molecule has 1 unspecified atom stereocenters. The summed E-state index contributed by atoms with van der Waals surface area (Å²) in [5.74, 6) is -0.673. The highest BCUT2D eigenvalue weighted by atomic mass is 32.2. The number of amides is 1. The zero-order valence-corrected chi connectivity index (χ0v) is 7.34. The Balaban J connectivity index is 3.04. The maximum atomic E-state index is 10.8. The molecule has 5 nitrogen and oxygen atoms in total. The zero-order chi connectivity index (χ0) is 9.84. The standard InChI is InChI=1S/C7H8N2O3S/c8-7(10)5-3-1-2-4-6(5)9-13(11)12/h1-4,9H,(H2,8,10)(H,11,12)/p-1. The average Bonchev–Trinajstić information content (AvgIpc) is 2.03. The van der Waals surface area contributed by atoms with Gasteiger partial charge in [-0.25, -0.2) is 0 Å². The van der Waals surface area contributed by atoms with E-state index in [1.165, 1.54) is 12.1 Å². The van der Waals surface area contributed by atoms with E-state index in [0.29, 0.717) is 0 Å². The van der Waals surface area contributed by atoms with Gasteiger partial charge in [0.05, 0.1) is 11.3 Å². The van der Waals surface area contributed by atoms with Gasteiger partial charge in [0.15, 0.2) is 0 Å². The van der Waals surface area contributed by atoms with Crippen LogP contribution in [0.4, 0.5) is 5.69 Å². The minimum atomic E-state index is -2.45. The highest BCUT2D eigenvalue weighted by molar-refractivity contribution is 7.80. The maximum absolute atomic E-state index is 10.8. The Kier molecular flexibility index (Phi) is 2.99. The van der Waals surface area contributed by atoms with Crippen LogP contribution in [0.15, 0.2) is 24.3 Å². The van der Waals surface area contributed by atoms with E-state index in [1.807, 2.05) is 0 Å². The third kappa shape index (κ3) is 2.53. The van der Waals surface area contributed by atoms with E-state index in [-0.39, 0.29) is 11.3 Å². The lowest BCUT2D eigenvalue weighted by Gasteiger charge is -2.10. The first-order chi connectivity index (χ1) is 6.11. The van der Waals surface area contributed by atoms with Crippen molar-refractivity contribution in [2.45, 2.75) is 0 Å². The Morgan fingerprint density at radius 1 is 1.46 bits per heavy atom. The molecule has 13 heavy (non-hydrogen) atoms. The molecular weight excluding hydrogens is 192 g/mol. The largest absolute Gasteiger partial charge is 0.755 e. The number of anilines is 1. The van der Waals surface area contributed by atoms with E-state index in [0.717, 1.165) is 0 Å². The summed E-state index contributed by atoms with van der Waals surface area (Å²) in [6, 6.07) is 6.09. The van der Waals surface area contributed by atoms with E-state index in [4.69, 9.17) is 5.73 Å². The number of rotatable bonds is 3. The van der Waals surface area contributed by atoms with Gasteiger partial charge in [0, 0.05) is 11.3 Å². The van der Waals surface area contributed by atoms with E-state index >= 15 is 0 Å². The van der Waals surface area contributed by atoms with E-state index in [2.05, 4.69) is 4.72 Å². The minimum Gasteiger partial charge on any atom is -0.755 e. The fourth-order valence-corrected chi connectivity index (χ4v) is 1.23. The van der Waals surface area contributed by atoms with Crippen LogP contribution in [0, 0.1) is 0 Å². The maximum Gasteiger partial charge on any atom is 0.250 e. The molecule has 0 saturated heterocycles. The lowest BCUT2D eigenvalue weighted by atomic mass is 10.2. The molecule has 3 N–H and O–H groups in total. The summed E-state index contributed by atoms with van der Waals surface area (Å²) in [6.07, 6.45) is 0. The average molecular weight is 199 g/mol. The molecule has 1 atom stereocenters. The second kappa shape index (κ2) is 4.01. The summed E-state index contributed by atoms with van der Waals surface area (Å²) in [5, 5.41) is 0. The van der Waals surface area contributed by atoms with Crippen molar-refractivity contribution in [3.8, 4) is 0 Å². The Morgan fingerprint density at radius 3 is 2.62 bits per heavy atom. The highest BCUT2D eigenvalue weighted by Gasteiger charge is 2.05. The predicted octanol–water partition coefficient (Wildman–Crippen LogP) is -0.00850. The second-order valence-corrected chi connectivity index (χ2v) is 2.92. The summed E-state index contributed by atoms with van der Waals surface area (Å²) in [5.41, 5.74) is 5.34. The SMILES string of the molecule is NC(=O)c1ccccc1NS(=O)[O-]. The Labute approximate surface area is 77.4 Å². The molecule has 0 bridgehead atoms. The summed E-state index contributed by atoms with van der Waals surface area (Å²) < 4.78 is 22.6. The van der Waals surface area contributed by atoms with Crippen LogP contribution in [-0.2, 0) is 11.3 Å². The van der Waals surface area contributed by atoms with Gasteiger partial charge in [-0.15, -0.1) is 0 Å². The number of para-hydroxylation sites is 1. The van der Waals surface area contributed by atoms with Crippen molar-refractivity contribution in [2.75, 3.05) is 4.72 Å². The van der Waals surface area contributed by atoms with Crippen LogP contribution in [-0.4, -0.2) is 14.7 Å². The Bertz CT molecular complexity index is 353. The van der Waals surface area contributed by atoms with Gasteiger partial charge in [-0.3, -0.25) is 9.00 Å². The van der Waals surface area contributed by atoms with Gasteiger partial charge in [0.1, 0.15) is 0 Å². The molecule has 0 aliphatic heterocycles. The molecule has 0 aromatic heterocycles. The highest BCUT2D eigenvalue weighted by Crippen LogP contribution is 2.13. The van der Waals surface area contributed by atoms with Crippen molar-refractivity contribution in [1.29, 1.82) is 0 Å². The molecule has 1 amide bonds. The summed E-state index contributed by atoms with van der Waals surface area (Å²) >= 11 is -2.45. The fraction of sp³-hybridized carbons (Fsp3) is 0. The monoisotopic (exact) mass is 199 g/mol. The topological polar surface area (TPSA) is 95.2 Å². The number of primary amides is 1. The molecule has 0 aliphatic rings. The summed E-state index contributed by atoms with van der Waals surface area (Å²) in [7, 11) is 0. The van der Waals surface area contributed by atoms with Crippen molar-refractivity contribution in [3.63, 3.8) is 0 Å². The van der Waals surface area contributed by atoms with Crippen molar-refractivity contribution in [2.24, 2.45) is 5.73 Å². The van der Waals surface area contributed by atoms with Crippen LogP contribution in [0.1, 0.15) is 10.4 Å². The van der Waals surface area contributed by atoms with Crippen molar-refractivity contribution < 1.29 is 13.6 Å². The van der Waals surface area contributed by atoms with Gasteiger partial charge < -0.3 is 15.0 Å². The van der Waals surface area contributed by atoms with Crippen molar-refractivity contribution in [3.05, 3.63) is 29.8 Å². The summed E-state index contributed by atoms with van der Waals surface area (Å²) in [4.78, 5) is 10.8. The van der Waals surface area contributed by atoms with Crippen LogP contribution in [0.2, 0.25) is 0 Å². The molecule has 1 rings (SSSR count). The number of carbonyl (C=O) groups excluding carboxylic acids is 1. The normalized spacial score (nSPS) is 12.1. The first kappa shape index (κ1) is 9.69. The third-order valence-corrected chi connectivity index (χ3v) is 1.77. The molecular formula is C7H7N2O3S-. The molecule has 6 heteroatoms.